The third-order valence-corrected chi connectivity index (χ3v) is 1.91. The first-order chi connectivity index (χ1) is 4.72. The Morgan fingerprint density at radius 2 is 2.50 bits per heavy atom. The summed E-state index contributed by atoms with van der Waals surface area (Å²) in [6, 6.07) is 0. The molecule has 0 spiro atoms. The van der Waals surface area contributed by atoms with Gasteiger partial charge in [-0.05, 0) is 6.92 Å². The predicted molar refractivity (Wildman–Crippen MR) is 43.8 cm³/mol. The summed E-state index contributed by atoms with van der Waals surface area (Å²) in [4.78, 5) is 2.82. The van der Waals surface area contributed by atoms with Crippen LogP contribution in [0.1, 0.15) is 6.92 Å². The summed E-state index contributed by atoms with van der Waals surface area (Å²) < 4.78 is 5.30. The lowest BCUT2D eigenvalue weighted by Crippen LogP contribution is -2.36. The Morgan fingerprint density at radius 1 is 1.80 bits per heavy atom. The number of hydrogen-bond donors (Lipinski definition) is 1. The maximum Gasteiger partial charge on any atom is 0.144 e. The van der Waals surface area contributed by atoms with E-state index in [9.17, 15) is 0 Å². The quantitative estimate of drug-likeness (QED) is 0.553. The highest BCUT2D eigenvalue weighted by Crippen LogP contribution is 2.02. The summed E-state index contributed by atoms with van der Waals surface area (Å²) in [7, 11) is 1.94. The standard InChI is InChI=1S/C6H12N2OS/c1-5(10)8(2)6-3-7-4-9-6/h6-7H,3-4H2,1-2H3. The molecule has 58 valence electrons. The Balaban J connectivity index is 2.39. The van der Waals surface area contributed by atoms with Crippen molar-refractivity contribution in [3.63, 3.8) is 0 Å². The number of rotatable bonds is 1. The average Bonchev–Trinajstić information content (AvgIpc) is 2.36. The van der Waals surface area contributed by atoms with Gasteiger partial charge in [0.05, 0.1) is 11.7 Å². The van der Waals surface area contributed by atoms with E-state index in [1.807, 2.05) is 18.9 Å². The number of thiocarbonyl (C=S) groups is 1. The van der Waals surface area contributed by atoms with Crippen molar-refractivity contribution in [1.29, 1.82) is 0 Å². The highest BCUT2D eigenvalue weighted by Gasteiger charge is 2.19. The second-order valence-electron chi connectivity index (χ2n) is 2.35. The first-order valence-electron chi connectivity index (χ1n) is 3.27. The van der Waals surface area contributed by atoms with Crippen LogP contribution < -0.4 is 5.32 Å². The van der Waals surface area contributed by atoms with Gasteiger partial charge in [0, 0.05) is 13.6 Å². The fraction of sp³-hybridized carbons (Fsp3) is 0.833. The molecule has 1 N–H and O–H groups in total. The topological polar surface area (TPSA) is 24.5 Å². The van der Waals surface area contributed by atoms with E-state index in [0.29, 0.717) is 6.73 Å². The van der Waals surface area contributed by atoms with Crippen LogP contribution in [0.4, 0.5) is 0 Å². The molecular formula is C6H12N2OS. The Morgan fingerprint density at radius 3 is 2.90 bits per heavy atom. The molecule has 3 nitrogen and oxygen atoms in total. The SMILES string of the molecule is CC(=S)N(C)C1CNCO1. The zero-order valence-electron chi connectivity index (χ0n) is 6.26. The number of hydrogen-bond acceptors (Lipinski definition) is 3. The molecule has 1 saturated heterocycles. The van der Waals surface area contributed by atoms with E-state index in [1.165, 1.54) is 0 Å². The van der Waals surface area contributed by atoms with E-state index in [0.717, 1.165) is 11.5 Å². The molecule has 0 amide bonds. The van der Waals surface area contributed by atoms with Gasteiger partial charge in [-0.2, -0.15) is 0 Å². The maximum absolute atomic E-state index is 5.30. The molecule has 0 aliphatic carbocycles. The van der Waals surface area contributed by atoms with Crippen molar-refractivity contribution in [1.82, 2.24) is 10.2 Å². The molecular weight excluding hydrogens is 148 g/mol. The van der Waals surface area contributed by atoms with Crippen LogP contribution in [0.25, 0.3) is 0 Å². The van der Waals surface area contributed by atoms with Gasteiger partial charge < -0.3 is 9.64 Å². The van der Waals surface area contributed by atoms with Crippen LogP contribution in [0.5, 0.6) is 0 Å². The van der Waals surface area contributed by atoms with Gasteiger partial charge in [0.1, 0.15) is 6.23 Å². The summed E-state index contributed by atoms with van der Waals surface area (Å²) in [6.45, 7) is 3.40. The van der Waals surface area contributed by atoms with Crippen LogP contribution in [0.3, 0.4) is 0 Å². The molecule has 10 heavy (non-hydrogen) atoms. The van der Waals surface area contributed by atoms with Crippen molar-refractivity contribution in [2.24, 2.45) is 0 Å². The number of likely N-dealkylation sites (N-methyl/N-ethyl adjacent to an activating group) is 1. The molecule has 1 heterocycles. The molecule has 1 atom stereocenters. The molecule has 0 aromatic carbocycles. The highest BCUT2D eigenvalue weighted by atomic mass is 32.1. The molecule has 1 fully saturated rings. The summed E-state index contributed by atoms with van der Waals surface area (Å²) in [6.07, 6.45) is 0.137. The summed E-state index contributed by atoms with van der Waals surface area (Å²) >= 11 is 4.97. The Kier molecular flexibility index (Phi) is 2.59. The van der Waals surface area contributed by atoms with Crippen LogP contribution in [0.2, 0.25) is 0 Å². The Bertz CT molecular complexity index is 134. The fourth-order valence-corrected chi connectivity index (χ4v) is 0.966. The van der Waals surface area contributed by atoms with Gasteiger partial charge in [-0.3, -0.25) is 5.32 Å². The van der Waals surface area contributed by atoms with Crippen LogP contribution in [0, 0.1) is 0 Å². The average molecular weight is 160 g/mol. The molecule has 1 aliphatic heterocycles. The molecule has 4 heteroatoms. The fourth-order valence-electron chi connectivity index (χ4n) is 0.848. The number of nitrogens with zero attached hydrogens (tertiary/aromatic N) is 1. The van der Waals surface area contributed by atoms with Crippen molar-refractivity contribution in [2.45, 2.75) is 13.2 Å². The second kappa shape index (κ2) is 3.27. The smallest absolute Gasteiger partial charge is 0.144 e. The molecule has 0 aromatic rings. The lowest BCUT2D eigenvalue weighted by Gasteiger charge is -2.23. The third kappa shape index (κ3) is 1.65. The van der Waals surface area contributed by atoms with E-state index in [-0.39, 0.29) is 6.23 Å². The van der Waals surface area contributed by atoms with E-state index in [2.05, 4.69) is 5.32 Å². The van der Waals surface area contributed by atoms with Crippen molar-refractivity contribution in [2.75, 3.05) is 20.3 Å². The van der Waals surface area contributed by atoms with E-state index in [1.54, 1.807) is 0 Å². The molecule has 1 unspecified atom stereocenters. The molecule has 0 bridgehead atoms. The normalized spacial score (nSPS) is 24.8. The minimum atomic E-state index is 0.137. The zero-order chi connectivity index (χ0) is 7.56. The van der Waals surface area contributed by atoms with Crippen LogP contribution >= 0.6 is 12.2 Å². The van der Waals surface area contributed by atoms with Gasteiger partial charge in [0.15, 0.2) is 0 Å². The Labute approximate surface area is 66.3 Å². The van der Waals surface area contributed by atoms with Gasteiger partial charge in [0.2, 0.25) is 0 Å². The van der Waals surface area contributed by atoms with Crippen LogP contribution in [-0.2, 0) is 4.74 Å². The minimum absolute atomic E-state index is 0.137. The largest absolute Gasteiger partial charge is 0.343 e. The van der Waals surface area contributed by atoms with Gasteiger partial charge in [0.25, 0.3) is 0 Å². The van der Waals surface area contributed by atoms with Gasteiger partial charge in [-0.25, -0.2) is 0 Å². The lowest BCUT2D eigenvalue weighted by atomic mass is 10.5. The van der Waals surface area contributed by atoms with Crippen LogP contribution in [0.15, 0.2) is 0 Å². The van der Waals surface area contributed by atoms with Crippen molar-refractivity contribution in [3.05, 3.63) is 0 Å². The summed E-state index contributed by atoms with van der Waals surface area (Å²) in [5.41, 5.74) is 0. The monoisotopic (exact) mass is 160 g/mol. The first-order valence-corrected chi connectivity index (χ1v) is 3.68. The van der Waals surface area contributed by atoms with Crippen molar-refractivity contribution in [3.8, 4) is 0 Å². The summed E-state index contributed by atoms with van der Waals surface area (Å²) in [5, 5.41) is 3.08. The molecule has 0 aromatic heterocycles. The van der Waals surface area contributed by atoms with Crippen molar-refractivity contribution < 1.29 is 4.74 Å². The molecule has 0 radical (unpaired) electrons. The lowest BCUT2D eigenvalue weighted by molar-refractivity contribution is 0.0388. The van der Waals surface area contributed by atoms with Gasteiger partial charge in [-0.15, -0.1) is 0 Å². The minimum Gasteiger partial charge on any atom is -0.343 e. The predicted octanol–water partition coefficient (Wildman–Crippen LogP) is 0.169. The maximum atomic E-state index is 5.30. The van der Waals surface area contributed by atoms with Gasteiger partial charge in [-0.1, -0.05) is 12.2 Å². The van der Waals surface area contributed by atoms with Crippen LogP contribution in [-0.4, -0.2) is 36.4 Å². The Hall–Kier alpha value is -0.190. The number of nitrogens with one attached hydrogen (secondary N) is 1. The highest BCUT2D eigenvalue weighted by molar-refractivity contribution is 7.80. The zero-order valence-corrected chi connectivity index (χ0v) is 7.07. The van der Waals surface area contributed by atoms with Crippen molar-refractivity contribution >= 4 is 17.2 Å². The van der Waals surface area contributed by atoms with Gasteiger partial charge >= 0.3 is 0 Å². The van der Waals surface area contributed by atoms with E-state index < -0.39 is 0 Å². The van der Waals surface area contributed by atoms with E-state index in [4.69, 9.17) is 17.0 Å². The van der Waals surface area contributed by atoms with E-state index >= 15 is 0 Å². The molecule has 1 rings (SSSR count). The number of ether oxygens (including phenoxy) is 1. The molecule has 1 aliphatic rings. The molecule has 0 saturated carbocycles. The third-order valence-electron chi connectivity index (χ3n) is 1.63. The summed E-state index contributed by atoms with van der Waals surface area (Å²) in [5.74, 6) is 0. The first kappa shape index (κ1) is 7.91. The second-order valence-corrected chi connectivity index (χ2v) is 2.94.